The number of nitrogens with zero attached hydrogens (tertiary/aromatic N) is 1. The molecule has 1 aromatic heterocycles. The van der Waals surface area contributed by atoms with Gasteiger partial charge in [0.1, 0.15) is 0 Å². The lowest BCUT2D eigenvalue weighted by Crippen LogP contribution is -2.32. The second kappa shape index (κ2) is 5.54. The van der Waals surface area contributed by atoms with Gasteiger partial charge in [0.25, 0.3) is 5.91 Å². The van der Waals surface area contributed by atoms with E-state index in [0.29, 0.717) is 0 Å². The van der Waals surface area contributed by atoms with Gasteiger partial charge in [0.05, 0.1) is 10.9 Å². The van der Waals surface area contributed by atoms with E-state index in [1.54, 1.807) is 11.3 Å². The zero-order valence-corrected chi connectivity index (χ0v) is 13.8. The van der Waals surface area contributed by atoms with E-state index >= 15 is 0 Å². The number of carbonyl (C=O) groups excluding carboxylic acids is 1. The van der Waals surface area contributed by atoms with Crippen molar-refractivity contribution in [3.8, 4) is 0 Å². The summed E-state index contributed by atoms with van der Waals surface area (Å²) in [5.41, 5.74) is 4.16. The van der Waals surface area contributed by atoms with E-state index in [9.17, 15) is 4.79 Å². The molecular formula is C19H21NOS. The first-order valence-corrected chi connectivity index (χ1v) is 9.02. The molecule has 0 saturated heterocycles. The Kier molecular flexibility index (Phi) is 3.53. The van der Waals surface area contributed by atoms with Gasteiger partial charge in [-0.15, -0.1) is 11.3 Å². The fourth-order valence-corrected chi connectivity index (χ4v) is 5.12. The van der Waals surface area contributed by atoms with E-state index in [0.717, 1.165) is 30.6 Å². The minimum atomic E-state index is 0.195. The van der Waals surface area contributed by atoms with E-state index < -0.39 is 0 Å². The van der Waals surface area contributed by atoms with Crippen LogP contribution in [0.3, 0.4) is 0 Å². The molecule has 0 aliphatic heterocycles. The van der Waals surface area contributed by atoms with Crippen LogP contribution in [0, 0.1) is 0 Å². The largest absolute Gasteiger partial charge is 0.334 e. The van der Waals surface area contributed by atoms with Crippen LogP contribution < -0.4 is 0 Å². The van der Waals surface area contributed by atoms with Gasteiger partial charge in [-0.05, 0) is 61.3 Å². The lowest BCUT2D eigenvalue weighted by Gasteiger charge is -2.33. The Labute approximate surface area is 135 Å². The molecule has 1 amide bonds. The highest BCUT2D eigenvalue weighted by molar-refractivity contribution is 7.14. The highest BCUT2D eigenvalue weighted by Crippen LogP contribution is 2.36. The van der Waals surface area contributed by atoms with Crippen LogP contribution >= 0.6 is 11.3 Å². The summed E-state index contributed by atoms with van der Waals surface area (Å²) >= 11 is 1.71. The molecule has 22 heavy (non-hydrogen) atoms. The van der Waals surface area contributed by atoms with Gasteiger partial charge in [-0.1, -0.05) is 24.3 Å². The number of amides is 1. The predicted octanol–water partition coefficient (Wildman–Crippen LogP) is 4.39. The first-order chi connectivity index (χ1) is 10.7. The standard InChI is InChI=1S/C19H21NOS/c1-20(16-10-4-7-13-6-2-3-9-15(13)16)19(21)18-12-14-8-5-11-17(14)22-18/h2-3,6,9,12,16H,4-5,7-8,10-11H2,1H3. The monoisotopic (exact) mass is 311 g/mol. The summed E-state index contributed by atoms with van der Waals surface area (Å²) in [6.45, 7) is 0. The number of aryl methyl sites for hydroxylation is 3. The van der Waals surface area contributed by atoms with E-state index in [2.05, 4.69) is 30.3 Å². The summed E-state index contributed by atoms with van der Waals surface area (Å²) in [5, 5.41) is 0. The van der Waals surface area contributed by atoms with Crippen molar-refractivity contribution in [3.05, 3.63) is 56.8 Å². The zero-order chi connectivity index (χ0) is 15.1. The molecule has 4 rings (SSSR count). The Hall–Kier alpha value is -1.61. The highest BCUT2D eigenvalue weighted by Gasteiger charge is 2.28. The Bertz CT molecular complexity index is 696. The van der Waals surface area contributed by atoms with Crippen molar-refractivity contribution in [2.75, 3.05) is 7.05 Å². The fourth-order valence-electron chi connectivity index (χ4n) is 3.88. The summed E-state index contributed by atoms with van der Waals surface area (Å²) < 4.78 is 0. The molecular weight excluding hydrogens is 290 g/mol. The summed E-state index contributed by atoms with van der Waals surface area (Å²) in [7, 11) is 1.97. The van der Waals surface area contributed by atoms with Gasteiger partial charge >= 0.3 is 0 Å². The molecule has 0 saturated carbocycles. The molecule has 1 heterocycles. The number of hydrogen-bond donors (Lipinski definition) is 0. The van der Waals surface area contributed by atoms with Crippen molar-refractivity contribution in [1.29, 1.82) is 0 Å². The first-order valence-electron chi connectivity index (χ1n) is 8.20. The molecule has 2 aromatic rings. The number of thiophene rings is 1. The van der Waals surface area contributed by atoms with Crippen molar-refractivity contribution in [2.45, 2.75) is 44.6 Å². The summed E-state index contributed by atoms with van der Waals surface area (Å²) in [6.07, 6.45) is 6.94. The van der Waals surface area contributed by atoms with Crippen LogP contribution in [-0.4, -0.2) is 17.9 Å². The Balaban J connectivity index is 1.61. The molecule has 0 fully saturated rings. The van der Waals surface area contributed by atoms with Gasteiger partial charge in [0, 0.05) is 11.9 Å². The Morgan fingerprint density at radius 3 is 2.82 bits per heavy atom. The molecule has 2 aliphatic carbocycles. The molecule has 0 bridgehead atoms. The maximum absolute atomic E-state index is 12.9. The third-order valence-electron chi connectivity index (χ3n) is 5.08. The molecule has 2 aliphatic rings. The Morgan fingerprint density at radius 2 is 1.95 bits per heavy atom. The van der Waals surface area contributed by atoms with E-state index in [4.69, 9.17) is 0 Å². The van der Waals surface area contributed by atoms with Gasteiger partial charge in [-0.2, -0.15) is 0 Å². The molecule has 114 valence electrons. The normalized spacial score (nSPS) is 19.6. The van der Waals surface area contributed by atoms with Crippen LogP contribution in [0.25, 0.3) is 0 Å². The third kappa shape index (κ3) is 2.28. The highest BCUT2D eigenvalue weighted by atomic mass is 32.1. The maximum Gasteiger partial charge on any atom is 0.264 e. The summed E-state index contributed by atoms with van der Waals surface area (Å²) in [4.78, 5) is 17.2. The quantitative estimate of drug-likeness (QED) is 0.805. The van der Waals surface area contributed by atoms with E-state index in [1.807, 2.05) is 11.9 Å². The number of fused-ring (bicyclic) bond motifs is 2. The molecule has 1 aromatic carbocycles. The van der Waals surface area contributed by atoms with Crippen LogP contribution in [0.4, 0.5) is 0 Å². The first kappa shape index (κ1) is 14.0. The number of benzene rings is 1. The van der Waals surface area contributed by atoms with Crippen LogP contribution in [0.1, 0.15) is 56.5 Å². The lowest BCUT2D eigenvalue weighted by atomic mass is 9.87. The van der Waals surface area contributed by atoms with Crippen LogP contribution in [0.2, 0.25) is 0 Å². The molecule has 0 radical (unpaired) electrons. The minimum Gasteiger partial charge on any atom is -0.334 e. The minimum absolute atomic E-state index is 0.195. The number of rotatable bonds is 2. The number of carbonyl (C=O) groups is 1. The summed E-state index contributed by atoms with van der Waals surface area (Å²) in [6, 6.07) is 11.0. The van der Waals surface area contributed by atoms with Gasteiger partial charge < -0.3 is 4.90 Å². The molecule has 2 nitrogen and oxygen atoms in total. The van der Waals surface area contributed by atoms with Crippen molar-refractivity contribution in [3.63, 3.8) is 0 Å². The molecule has 1 atom stereocenters. The fraction of sp³-hybridized carbons (Fsp3) is 0.421. The SMILES string of the molecule is CN(C(=O)c1cc2c(s1)CCC2)C1CCCc2ccccc21. The van der Waals surface area contributed by atoms with Gasteiger partial charge in [0.15, 0.2) is 0 Å². The zero-order valence-electron chi connectivity index (χ0n) is 13.0. The van der Waals surface area contributed by atoms with E-state index in [1.165, 1.54) is 34.4 Å². The van der Waals surface area contributed by atoms with Gasteiger partial charge in [0.2, 0.25) is 0 Å². The third-order valence-corrected chi connectivity index (χ3v) is 6.31. The topological polar surface area (TPSA) is 20.3 Å². The molecule has 1 unspecified atom stereocenters. The lowest BCUT2D eigenvalue weighted by molar-refractivity contribution is 0.0720. The van der Waals surface area contributed by atoms with Gasteiger partial charge in [-0.25, -0.2) is 0 Å². The van der Waals surface area contributed by atoms with Crippen molar-refractivity contribution < 1.29 is 4.79 Å². The average Bonchev–Trinajstić information content (AvgIpc) is 3.14. The molecule has 0 spiro atoms. The van der Waals surface area contributed by atoms with Gasteiger partial charge in [-0.3, -0.25) is 4.79 Å². The van der Waals surface area contributed by atoms with Crippen LogP contribution in [0.5, 0.6) is 0 Å². The Morgan fingerprint density at radius 1 is 1.14 bits per heavy atom. The van der Waals surface area contributed by atoms with Crippen LogP contribution in [-0.2, 0) is 19.3 Å². The summed E-state index contributed by atoms with van der Waals surface area (Å²) in [5.74, 6) is 0.195. The second-order valence-electron chi connectivity index (χ2n) is 6.44. The van der Waals surface area contributed by atoms with Crippen molar-refractivity contribution in [2.24, 2.45) is 0 Å². The van der Waals surface area contributed by atoms with Crippen molar-refractivity contribution in [1.82, 2.24) is 4.90 Å². The van der Waals surface area contributed by atoms with Crippen LogP contribution in [0.15, 0.2) is 30.3 Å². The second-order valence-corrected chi connectivity index (χ2v) is 7.57. The van der Waals surface area contributed by atoms with Crippen molar-refractivity contribution >= 4 is 17.2 Å². The average molecular weight is 311 g/mol. The van der Waals surface area contributed by atoms with E-state index in [-0.39, 0.29) is 11.9 Å². The molecule has 3 heteroatoms. The maximum atomic E-state index is 12.9. The smallest absolute Gasteiger partial charge is 0.264 e. The predicted molar refractivity (Wildman–Crippen MR) is 90.6 cm³/mol. The molecule has 0 N–H and O–H groups in total. The number of hydrogen-bond acceptors (Lipinski definition) is 2.